The van der Waals surface area contributed by atoms with Crippen LogP contribution in [0.1, 0.15) is 40.0 Å². The summed E-state index contributed by atoms with van der Waals surface area (Å²) in [6.45, 7) is 9.25. The largest absolute Gasteiger partial charge is 0.314 e. The van der Waals surface area contributed by atoms with Gasteiger partial charge in [0.2, 0.25) is 0 Å². The molecule has 1 aliphatic rings. The van der Waals surface area contributed by atoms with E-state index in [2.05, 4.69) is 38.0 Å². The second kappa shape index (κ2) is 4.43. The van der Waals surface area contributed by atoms with E-state index in [-0.39, 0.29) is 0 Å². The number of hydrogen-bond donors (Lipinski definition) is 1. The molecule has 2 nitrogen and oxygen atoms in total. The van der Waals surface area contributed by atoms with Gasteiger partial charge in [0.05, 0.1) is 0 Å². The van der Waals surface area contributed by atoms with Gasteiger partial charge in [0.25, 0.3) is 0 Å². The molecule has 0 amide bonds. The van der Waals surface area contributed by atoms with Crippen LogP contribution in [0.15, 0.2) is 0 Å². The van der Waals surface area contributed by atoms with Gasteiger partial charge in [0, 0.05) is 11.6 Å². The molecule has 1 aliphatic heterocycles. The van der Waals surface area contributed by atoms with Crippen LogP contribution in [-0.2, 0) is 0 Å². The lowest BCUT2D eigenvalue weighted by Gasteiger charge is -2.32. The van der Waals surface area contributed by atoms with E-state index in [0.717, 1.165) is 6.04 Å². The molecule has 0 bridgehead atoms. The monoisotopic (exact) mass is 184 g/mol. The van der Waals surface area contributed by atoms with Gasteiger partial charge in [-0.3, -0.25) is 0 Å². The Balaban J connectivity index is 2.17. The Morgan fingerprint density at radius 2 is 2.08 bits per heavy atom. The predicted molar refractivity (Wildman–Crippen MR) is 58.0 cm³/mol. The molecule has 0 saturated carbocycles. The quantitative estimate of drug-likeness (QED) is 0.720. The van der Waals surface area contributed by atoms with Crippen LogP contribution >= 0.6 is 0 Å². The van der Waals surface area contributed by atoms with E-state index in [1.54, 1.807) is 0 Å². The number of nitrogens with zero attached hydrogens (tertiary/aromatic N) is 1. The summed E-state index contributed by atoms with van der Waals surface area (Å²) in [5.41, 5.74) is 0.318. The molecule has 1 saturated heterocycles. The number of nitrogens with one attached hydrogen (secondary N) is 1. The van der Waals surface area contributed by atoms with Crippen molar-refractivity contribution in [1.82, 2.24) is 10.2 Å². The van der Waals surface area contributed by atoms with E-state index in [9.17, 15) is 0 Å². The van der Waals surface area contributed by atoms with E-state index in [1.165, 1.54) is 32.4 Å². The van der Waals surface area contributed by atoms with Gasteiger partial charge in [0.1, 0.15) is 0 Å². The van der Waals surface area contributed by atoms with Crippen LogP contribution in [0.5, 0.6) is 0 Å². The minimum atomic E-state index is 0.318. The molecule has 0 aliphatic carbocycles. The molecule has 1 unspecified atom stereocenters. The van der Waals surface area contributed by atoms with Crippen molar-refractivity contribution in [1.29, 1.82) is 0 Å². The van der Waals surface area contributed by atoms with E-state index >= 15 is 0 Å². The van der Waals surface area contributed by atoms with Crippen LogP contribution in [0.2, 0.25) is 0 Å². The number of hydrogen-bond acceptors (Lipinski definition) is 2. The first-order valence-electron chi connectivity index (χ1n) is 5.45. The highest BCUT2D eigenvalue weighted by Crippen LogP contribution is 2.14. The summed E-state index contributed by atoms with van der Waals surface area (Å²) in [4.78, 5) is 2.44. The molecule has 2 heteroatoms. The van der Waals surface area contributed by atoms with Crippen molar-refractivity contribution >= 4 is 0 Å². The van der Waals surface area contributed by atoms with Crippen LogP contribution in [0.4, 0.5) is 0 Å². The van der Waals surface area contributed by atoms with E-state index in [1.807, 2.05) is 0 Å². The van der Waals surface area contributed by atoms with Crippen molar-refractivity contribution in [2.24, 2.45) is 0 Å². The standard InChI is InChI=1S/C11H24N2/c1-11(2,3)13(4)9-7-10-6-5-8-12-10/h10,12H,5-9H2,1-4H3. The second-order valence-electron chi connectivity index (χ2n) is 5.17. The zero-order chi connectivity index (χ0) is 9.90. The van der Waals surface area contributed by atoms with Crippen LogP contribution < -0.4 is 5.32 Å². The average molecular weight is 184 g/mol. The van der Waals surface area contributed by atoms with Gasteiger partial charge in [0.15, 0.2) is 0 Å². The van der Waals surface area contributed by atoms with Crippen molar-refractivity contribution in [2.75, 3.05) is 20.1 Å². The second-order valence-corrected chi connectivity index (χ2v) is 5.17. The van der Waals surface area contributed by atoms with Crippen molar-refractivity contribution in [3.63, 3.8) is 0 Å². The zero-order valence-electron chi connectivity index (χ0n) is 9.56. The van der Waals surface area contributed by atoms with Crippen LogP contribution in [0, 0.1) is 0 Å². The summed E-state index contributed by atoms with van der Waals surface area (Å²) in [6, 6.07) is 0.782. The van der Waals surface area contributed by atoms with E-state index in [0.29, 0.717) is 5.54 Å². The molecule has 13 heavy (non-hydrogen) atoms. The molecular formula is C11H24N2. The van der Waals surface area contributed by atoms with Gasteiger partial charge in [-0.2, -0.15) is 0 Å². The zero-order valence-corrected chi connectivity index (χ0v) is 9.56. The van der Waals surface area contributed by atoms with Crippen LogP contribution in [0.25, 0.3) is 0 Å². The Bertz CT molecular complexity index is 143. The van der Waals surface area contributed by atoms with Gasteiger partial charge in [-0.15, -0.1) is 0 Å². The molecular weight excluding hydrogens is 160 g/mol. The lowest BCUT2D eigenvalue weighted by Crippen LogP contribution is -2.40. The Kier molecular flexibility index (Phi) is 3.74. The molecule has 78 valence electrons. The minimum Gasteiger partial charge on any atom is -0.314 e. The van der Waals surface area contributed by atoms with Crippen molar-refractivity contribution in [3.8, 4) is 0 Å². The van der Waals surface area contributed by atoms with Gasteiger partial charge in [-0.05, 0) is 60.2 Å². The van der Waals surface area contributed by atoms with Crippen molar-refractivity contribution in [3.05, 3.63) is 0 Å². The van der Waals surface area contributed by atoms with Gasteiger partial charge >= 0.3 is 0 Å². The van der Waals surface area contributed by atoms with Crippen molar-refractivity contribution < 1.29 is 0 Å². The molecule has 0 aromatic carbocycles. The minimum absolute atomic E-state index is 0.318. The predicted octanol–water partition coefficient (Wildman–Crippen LogP) is 1.86. The fourth-order valence-electron chi connectivity index (χ4n) is 1.69. The Morgan fingerprint density at radius 1 is 1.38 bits per heavy atom. The first-order chi connectivity index (χ1) is 6.00. The van der Waals surface area contributed by atoms with Crippen molar-refractivity contribution in [2.45, 2.75) is 51.6 Å². The molecule has 0 aromatic heterocycles. The maximum atomic E-state index is 3.54. The van der Waals surface area contributed by atoms with E-state index < -0.39 is 0 Å². The highest BCUT2D eigenvalue weighted by molar-refractivity contribution is 4.78. The molecule has 0 radical (unpaired) electrons. The summed E-state index contributed by atoms with van der Waals surface area (Å²) in [7, 11) is 2.22. The Morgan fingerprint density at radius 3 is 2.54 bits per heavy atom. The summed E-state index contributed by atoms with van der Waals surface area (Å²) < 4.78 is 0. The third-order valence-corrected chi connectivity index (χ3v) is 3.12. The average Bonchev–Trinajstić information content (AvgIpc) is 2.50. The molecule has 0 spiro atoms. The number of rotatable bonds is 3. The molecule has 1 N–H and O–H groups in total. The van der Waals surface area contributed by atoms with Gasteiger partial charge in [-0.25, -0.2) is 0 Å². The van der Waals surface area contributed by atoms with Crippen LogP contribution in [0.3, 0.4) is 0 Å². The topological polar surface area (TPSA) is 15.3 Å². The molecule has 1 atom stereocenters. The smallest absolute Gasteiger partial charge is 0.0122 e. The third kappa shape index (κ3) is 3.65. The first kappa shape index (κ1) is 11.0. The summed E-state index contributed by atoms with van der Waals surface area (Å²) in [5, 5.41) is 3.54. The first-order valence-corrected chi connectivity index (χ1v) is 5.45. The Hall–Kier alpha value is -0.0800. The molecule has 0 aromatic rings. The normalized spacial score (nSPS) is 24.2. The summed E-state index contributed by atoms with van der Waals surface area (Å²) >= 11 is 0. The maximum absolute atomic E-state index is 3.54. The summed E-state index contributed by atoms with van der Waals surface area (Å²) in [6.07, 6.45) is 4.04. The fourth-order valence-corrected chi connectivity index (χ4v) is 1.69. The fraction of sp³-hybridized carbons (Fsp3) is 1.00. The maximum Gasteiger partial charge on any atom is 0.0122 e. The summed E-state index contributed by atoms with van der Waals surface area (Å²) in [5.74, 6) is 0. The van der Waals surface area contributed by atoms with Gasteiger partial charge < -0.3 is 10.2 Å². The SMILES string of the molecule is CN(CCC1CCCN1)C(C)(C)C. The highest BCUT2D eigenvalue weighted by Gasteiger charge is 2.19. The highest BCUT2D eigenvalue weighted by atomic mass is 15.2. The third-order valence-electron chi connectivity index (χ3n) is 3.12. The molecule has 1 rings (SSSR count). The van der Waals surface area contributed by atoms with E-state index in [4.69, 9.17) is 0 Å². The van der Waals surface area contributed by atoms with Gasteiger partial charge in [-0.1, -0.05) is 0 Å². The lowest BCUT2D eigenvalue weighted by molar-refractivity contribution is 0.168. The molecule has 1 heterocycles. The Labute approximate surface area is 82.7 Å². The molecule has 1 fully saturated rings. The van der Waals surface area contributed by atoms with Crippen LogP contribution in [-0.4, -0.2) is 36.6 Å². The lowest BCUT2D eigenvalue weighted by atomic mass is 10.1.